The summed E-state index contributed by atoms with van der Waals surface area (Å²) in [6, 6.07) is 6.96. The average Bonchev–Trinajstić information content (AvgIpc) is 3.05. The van der Waals surface area contributed by atoms with Crippen molar-refractivity contribution in [2.75, 3.05) is 26.2 Å². The Labute approximate surface area is 194 Å². The standard InChI is InChI=1S/C22H23Cl2F2N5O/c1-13-9-16(21(25)26)20-14(2)28-31(22(20)27-13)12-19(32)30-7-5-29(6-8-30)11-15-3-4-17(23)18(24)10-15/h3-4,9-10,21H,5-8,11-12H2,1-2H3. The number of aryl methyl sites for hydroxylation is 2. The van der Waals surface area contributed by atoms with Gasteiger partial charge in [-0.3, -0.25) is 9.69 Å². The van der Waals surface area contributed by atoms with Gasteiger partial charge in [0.15, 0.2) is 5.65 Å². The van der Waals surface area contributed by atoms with Gasteiger partial charge in [0.1, 0.15) is 6.54 Å². The first-order valence-electron chi connectivity index (χ1n) is 10.3. The maximum absolute atomic E-state index is 13.5. The summed E-state index contributed by atoms with van der Waals surface area (Å²) >= 11 is 12.1. The van der Waals surface area contributed by atoms with Gasteiger partial charge in [0.2, 0.25) is 5.91 Å². The lowest BCUT2D eigenvalue weighted by molar-refractivity contribution is -0.133. The average molecular weight is 482 g/mol. The molecule has 4 rings (SSSR count). The van der Waals surface area contributed by atoms with Gasteiger partial charge in [-0.1, -0.05) is 29.3 Å². The number of carbonyl (C=O) groups excluding carboxylic acids is 1. The predicted molar refractivity (Wildman–Crippen MR) is 120 cm³/mol. The Morgan fingerprint density at radius 3 is 2.47 bits per heavy atom. The molecule has 0 radical (unpaired) electrons. The van der Waals surface area contributed by atoms with Crippen LogP contribution in [0.2, 0.25) is 10.0 Å². The third-order valence-electron chi connectivity index (χ3n) is 5.67. The highest BCUT2D eigenvalue weighted by Crippen LogP contribution is 2.30. The Kier molecular flexibility index (Phi) is 6.65. The zero-order valence-electron chi connectivity index (χ0n) is 17.8. The van der Waals surface area contributed by atoms with Gasteiger partial charge in [-0.2, -0.15) is 5.10 Å². The summed E-state index contributed by atoms with van der Waals surface area (Å²) in [4.78, 5) is 21.3. The van der Waals surface area contributed by atoms with Crippen LogP contribution < -0.4 is 0 Å². The molecule has 3 heterocycles. The molecule has 0 N–H and O–H groups in total. The van der Waals surface area contributed by atoms with Gasteiger partial charge >= 0.3 is 0 Å². The minimum Gasteiger partial charge on any atom is -0.339 e. The highest BCUT2D eigenvalue weighted by molar-refractivity contribution is 6.42. The van der Waals surface area contributed by atoms with E-state index in [4.69, 9.17) is 23.2 Å². The second kappa shape index (κ2) is 9.29. The quantitative estimate of drug-likeness (QED) is 0.532. The Morgan fingerprint density at radius 2 is 1.81 bits per heavy atom. The van der Waals surface area contributed by atoms with Crippen molar-refractivity contribution >= 4 is 40.1 Å². The lowest BCUT2D eigenvalue weighted by Gasteiger charge is -2.34. The van der Waals surface area contributed by atoms with Crippen LogP contribution in [-0.4, -0.2) is 56.7 Å². The molecule has 0 spiro atoms. The van der Waals surface area contributed by atoms with Crippen LogP contribution in [0.1, 0.15) is 28.9 Å². The normalized spacial score (nSPS) is 15.2. The summed E-state index contributed by atoms with van der Waals surface area (Å²) in [6.07, 6.45) is -2.63. The molecule has 1 aromatic carbocycles. The molecule has 0 atom stereocenters. The first-order chi connectivity index (χ1) is 15.2. The molecule has 6 nitrogen and oxygen atoms in total. The summed E-state index contributed by atoms with van der Waals surface area (Å²) < 4.78 is 28.4. The van der Waals surface area contributed by atoms with E-state index in [0.29, 0.717) is 45.6 Å². The number of fused-ring (bicyclic) bond motifs is 1. The molecule has 32 heavy (non-hydrogen) atoms. The molecule has 170 valence electrons. The number of amides is 1. The Hall–Kier alpha value is -2.29. The predicted octanol–water partition coefficient (Wildman–Crippen LogP) is 4.64. The van der Waals surface area contributed by atoms with Crippen molar-refractivity contribution in [1.82, 2.24) is 24.6 Å². The van der Waals surface area contributed by atoms with Crippen molar-refractivity contribution in [3.8, 4) is 0 Å². The van der Waals surface area contributed by atoms with Crippen molar-refractivity contribution in [3.05, 3.63) is 56.8 Å². The molecule has 3 aromatic rings. The highest BCUT2D eigenvalue weighted by Gasteiger charge is 2.24. The molecule has 1 saturated heterocycles. The number of aromatic nitrogens is 3. The SMILES string of the molecule is Cc1cc(C(F)F)c2c(C)nn(CC(=O)N3CCN(Cc4ccc(Cl)c(Cl)c4)CC3)c2n1. The number of alkyl halides is 2. The minimum atomic E-state index is -2.63. The summed E-state index contributed by atoms with van der Waals surface area (Å²) in [6.45, 7) is 6.61. The van der Waals surface area contributed by atoms with Crippen molar-refractivity contribution < 1.29 is 13.6 Å². The van der Waals surface area contributed by atoms with Gasteiger partial charge in [-0.25, -0.2) is 18.4 Å². The van der Waals surface area contributed by atoms with Gasteiger partial charge < -0.3 is 4.90 Å². The van der Waals surface area contributed by atoms with Gasteiger partial charge in [-0.05, 0) is 37.6 Å². The van der Waals surface area contributed by atoms with Gasteiger partial charge in [-0.15, -0.1) is 0 Å². The fourth-order valence-electron chi connectivity index (χ4n) is 4.08. The molecule has 0 unspecified atom stereocenters. The first kappa shape index (κ1) is 22.9. The lowest BCUT2D eigenvalue weighted by Crippen LogP contribution is -2.49. The van der Waals surface area contributed by atoms with Gasteiger partial charge in [0.25, 0.3) is 6.43 Å². The Balaban J connectivity index is 1.42. The topological polar surface area (TPSA) is 54.3 Å². The molecule has 1 fully saturated rings. The number of rotatable bonds is 5. The lowest BCUT2D eigenvalue weighted by atomic mass is 10.1. The van der Waals surface area contributed by atoms with E-state index in [-0.39, 0.29) is 18.0 Å². The van der Waals surface area contributed by atoms with E-state index in [1.54, 1.807) is 24.8 Å². The third kappa shape index (κ3) is 4.72. The van der Waals surface area contributed by atoms with Crippen LogP contribution in [0.15, 0.2) is 24.3 Å². The van der Waals surface area contributed by atoms with E-state index in [1.807, 2.05) is 12.1 Å². The van der Waals surface area contributed by atoms with E-state index >= 15 is 0 Å². The molecule has 1 amide bonds. The van der Waals surface area contributed by atoms with Gasteiger partial charge in [0, 0.05) is 44.0 Å². The number of nitrogens with zero attached hydrogens (tertiary/aromatic N) is 5. The second-order valence-corrected chi connectivity index (χ2v) is 8.82. The smallest absolute Gasteiger partial charge is 0.264 e. The van der Waals surface area contributed by atoms with Crippen molar-refractivity contribution in [3.63, 3.8) is 0 Å². The summed E-state index contributed by atoms with van der Waals surface area (Å²) in [5.41, 5.74) is 2.21. The number of piperazine rings is 1. The van der Waals surface area contributed by atoms with Crippen molar-refractivity contribution in [2.24, 2.45) is 0 Å². The number of halogens is 4. The fraction of sp³-hybridized carbons (Fsp3) is 0.409. The van der Waals surface area contributed by atoms with Gasteiger partial charge in [0.05, 0.1) is 21.1 Å². The van der Waals surface area contributed by atoms with Crippen LogP contribution in [0.25, 0.3) is 11.0 Å². The number of hydrogen-bond donors (Lipinski definition) is 0. The molecule has 0 bridgehead atoms. The van der Waals surface area contributed by atoms with E-state index in [9.17, 15) is 13.6 Å². The zero-order chi connectivity index (χ0) is 23.0. The zero-order valence-corrected chi connectivity index (χ0v) is 19.3. The molecule has 0 aliphatic carbocycles. The molecule has 0 saturated carbocycles. The van der Waals surface area contributed by atoms with Crippen molar-refractivity contribution in [1.29, 1.82) is 0 Å². The maximum Gasteiger partial charge on any atom is 0.264 e. The fourth-order valence-corrected chi connectivity index (χ4v) is 4.40. The monoisotopic (exact) mass is 481 g/mol. The highest BCUT2D eigenvalue weighted by atomic mass is 35.5. The molecular weight excluding hydrogens is 459 g/mol. The van der Waals surface area contributed by atoms with E-state index in [2.05, 4.69) is 15.0 Å². The van der Waals surface area contributed by atoms with E-state index in [0.717, 1.165) is 25.2 Å². The Morgan fingerprint density at radius 1 is 1.09 bits per heavy atom. The molecule has 10 heteroatoms. The van der Waals surface area contributed by atoms with Crippen molar-refractivity contribution in [2.45, 2.75) is 33.4 Å². The van der Waals surface area contributed by atoms with Crippen LogP contribution in [0.3, 0.4) is 0 Å². The van der Waals surface area contributed by atoms with E-state index < -0.39 is 6.43 Å². The largest absolute Gasteiger partial charge is 0.339 e. The first-order valence-corrected chi connectivity index (χ1v) is 11.1. The number of benzene rings is 1. The number of hydrogen-bond acceptors (Lipinski definition) is 4. The number of pyridine rings is 1. The van der Waals surface area contributed by atoms with Crippen LogP contribution in [0, 0.1) is 13.8 Å². The van der Waals surface area contributed by atoms with Crippen LogP contribution in [0.4, 0.5) is 8.78 Å². The summed E-state index contributed by atoms with van der Waals surface area (Å²) in [7, 11) is 0. The van der Waals surface area contributed by atoms with Crippen LogP contribution in [0.5, 0.6) is 0 Å². The Bertz CT molecular complexity index is 1160. The molecule has 2 aromatic heterocycles. The van der Waals surface area contributed by atoms with E-state index in [1.165, 1.54) is 10.7 Å². The molecule has 1 aliphatic heterocycles. The molecule has 1 aliphatic rings. The summed E-state index contributed by atoms with van der Waals surface area (Å²) in [5.74, 6) is -0.106. The third-order valence-corrected chi connectivity index (χ3v) is 6.41. The minimum absolute atomic E-state index is 0.0315. The maximum atomic E-state index is 13.5. The summed E-state index contributed by atoms with van der Waals surface area (Å²) in [5, 5.41) is 5.71. The van der Waals surface area contributed by atoms with Crippen LogP contribution >= 0.6 is 23.2 Å². The number of carbonyl (C=O) groups is 1. The van der Waals surface area contributed by atoms with Crippen LogP contribution in [-0.2, 0) is 17.9 Å². The molecular formula is C22H23Cl2F2N5O. The second-order valence-electron chi connectivity index (χ2n) is 8.00.